The second-order valence-corrected chi connectivity index (χ2v) is 13.6. The molecule has 0 aliphatic heterocycles. The minimum absolute atomic E-state index is 0.0305. The van der Waals surface area contributed by atoms with Crippen molar-refractivity contribution >= 4 is 22.9 Å². The molecule has 0 spiro atoms. The van der Waals surface area contributed by atoms with E-state index in [4.69, 9.17) is 0 Å². The zero-order chi connectivity index (χ0) is 29.2. The Morgan fingerprint density at radius 1 is 0.947 bits per heavy atom. The van der Waals surface area contributed by atoms with E-state index in [1.165, 1.54) is 16.7 Å². The molecule has 38 heavy (non-hydrogen) atoms. The maximum absolute atomic E-state index is 14.1. The second-order valence-electron chi connectivity index (χ2n) is 13.6. The summed E-state index contributed by atoms with van der Waals surface area (Å²) in [5.41, 5.74) is 3.82. The highest BCUT2D eigenvalue weighted by Crippen LogP contribution is 2.50. The standard InChI is InChI=1S/C35H52O3/c1-13-29(35(11,12)30-19-23(5)26-16-14-15-17-27(26)30)32(37)20-31(34(8,9)10)33(38)24(6)28(21(2)3)18-22(4)25(7)36/h14-19,21,23-24,28-29,31H,13,20H2,1-12H3/b22-18+. The molecule has 5 unspecified atom stereocenters. The first-order chi connectivity index (χ1) is 17.4. The van der Waals surface area contributed by atoms with Crippen molar-refractivity contribution < 1.29 is 14.4 Å². The average Bonchev–Trinajstić information content (AvgIpc) is 3.16. The summed E-state index contributed by atoms with van der Waals surface area (Å²) in [6.45, 7) is 24.5. The maximum atomic E-state index is 14.1. The van der Waals surface area contributed by atoms with Gasteiger partial charge >= 0.3 is 0 Å². The lowest BCUT2D eigenvalue weighted by molar-refractivity contribution is -0.137. The molecular formula is C35H52O3. The molecule has 3 heteroatoms. The lowest BCUT2D eigenvalue weighted by Gasteiger charge is -2.38. The Morgan fingerprint density at radius 2 is 1.53 bits per heavy atom. The van der Waals surface area contributed by atoms with Gasteiger partial charge in [0.25, 0.3) is 0 Å². The molecule has 2 rings (SSSR count). The SMILES string of the molecule is CCC(C(=O)CC(C(=O)C(C)C(/C=C(\C)C(C)=O)C(C)C)C(C)(C)C)C(C)(C)C1=CC(C)c2ccccc21. The molecule has 0 heterocycles. The number of carbonyl (C=O) groups is 3. The predicted molar refractivity (Wildman–Crippen MR) is 160 cm³/mol. The van der Waals surface area contributed by atoms with Crippen molar-refractivity contribution in [3.63, 3.8) is 0 Å². The van der Waals surface area contributed by atoms with Gasteiger partial charge in [-0.3, -0.25) is 14.4 Å². The summed E-state index contributed by atoms with van der Waals surface area (Å²) >= 11 is 0. The van der Waals surface area contributed by atoms with Gasteiger partial charge in [-0.25, -0.2) is 0 Å². The third kappa shape index (κ3) is 6.82. The lowest BCUT2D eigenvalue weighted by atomic mass is 9.64. The zero-order valence-corrected chi connectivity index (χ0v) is 26.1. The van der Waals surface area contributed by atoms with E-state index in [-0.39, 0.29) is 64.2 Å². The average molecular weight is 521 g/mol. The third-order valence-electron chi connectivity index (χ3n) is 9.11. The molecule has 3 nitrogen and oxygen atoms in total. The van der Waals surface area contributed by atoms with Gasteiger partial charge in [0.15, 0.2) is 5.78 Å². The number of Topliss-reactive ketones (excluding diaryl/α,β-unsaturated/α-hetero) is 3. The van der Waals surface area contributed by atoms with Crippen molar-refractivity contribution in [2.75, 3.05) is 0 Å². The molecule has 0 saturated carbocycles. The summed E-state index contributed by atoms with van der Waals surface area (Å²) < 4.78 is 0. The monoisotopic (exact) mass is 520 g/mol. The van der Waals surface area contributed by atoms with Crippen LogP contribution in [-0.4, -0.2) is 17.3 Å². The van der Waals surface area contributed by atoms with E-state index in [1.807, 2.05) is 19.9 Å². The first-order valence-corrected chi connectivity index (χ1v) is 14.5. The number of hydrogen-bond donors (Lipinski definition) is 0. The van der Waals surface area contributed by atoms with Gasteiger partial charge in [-0.2, -0.15) is 0 Å². The number of hydrogen-bond acceptors (Lipinski definition) is 3. The lowest BCUT2D eigenvalue weighted by Crippen LogP contribution is -2.40. The van der Waals surface area contributed by atoms with Crippen molar-refractivity contribution in [3.8, 4) is 0 Å². The highest BCUT2D eigenvalue weighted by molar-refractivity contribution is 5.94. The molecule has 0 fully saturated rings. The summed E-state index contributed by atoms with van der Waals surface area (Å²) in [4.78, 5) is 40.1. The Morgan fingerprint density at radius 3 is 2.03 bits per heavy atom. The number of rotatable bonds is 12. The zero-order valence-electron chi connectivity index (χ0n) is 26.1. The van der Waals surface area contributed by atoms with Crippen LogP contribution in [0.5, 0.6) is 0 Å². The van der Waals surface area contributed by atoms with E-state index in [1.54, 1.807) is 6.92 Å². The van der Waals surface area contributed by atoms with Crippen LogP contribution in [0.25, 0.3) is 5.57 Å². The molecule has 0 bridgehead atoms. The van der Waals surface area contributed by atoms with Gasteiger partial charge in [-0.15, -0.1) is 0 Å². The minimum Gasteiger partial charge on any atom is -0.299 e. The number of fused-ring (bicyclic) bond motifs is 1. The first-order valence-electron chi connectivity index (χ1n) is 14.5. The maximum Gasteiger partial charge on any atom is 0.155 e. The predicted octanol–water partition coefficient (Wildman–Crippen LogP) is 8.87. The molecule has 1 aliphatic rings. The van der Waals surface area contributed by atoms with Crippen LogP contribution >= 0.6 is 0 Å². The van der Waals surface area contributed by atoms with Crippen LogP contribution in [-0.2, 0) is 14.4 Å². The van der Waals surface area contributed by atoms with E-state index >= 15 is 0 Å². The van der Waals surface area contributed by atoms with Crippen LogP contribution < -0.4 is 0 Å². The Bertz CT molecular complexity index is 1090. The van der Waals surface area contributed by atoms with E-state index < -0.39 is 0 Å². The summed E-state index contributed by atoms with van der Waals surface area (Å²) in [6, 6.07) is 8.52. The number of allylic oxidation sites excluding steroid dienone is 4. The number of carbonyl (C=O) groups excluding carboxylic acids is 3. The molecule has 0 radical (unpaired) electrons. The van der Waals surface area contributed by atoms with Gasteiger partial charge in [0.2, 0.25) is 0 Å². The smallest absolute Gasteiger partial charge is 0.155 e. The van der Waals surface area contributed by atoms with Crippen molar-refractivity contribution in [2.45, 2.75) is 102 Å². The molecule has 210 valence electrons. The number of ketones is 3. The molecule has 0 N–H and O–H groups in total. The highest BCUT2D eigenvalue weighted by Gasteiger charge is 2.44. The van der Waals surface area contributed by atoms with Crippen molar-refractivity contribution in [2.24, 2.45) is 40.4 Å². The molecule has 0 amide bonds. The fourth-order valence-corrected chi connectivity index (χ4v) is 6.46. The Labute approximate surface area is 232 Å². The van der Waals surface area contributed by atoms with Gasteiger partial charge in [0.05, 0.1) is 0 Å². The van der Waals surface area contributed by atoms with Gasteiger partial charge in [-0.1, -0.05) is 106 Å². The fourth-order valence-electron chi connectivity index (χ4n) is 6.46. The summed E-state index contributed by atoms with van der Waals surface area (Å²) in [7, 11) is 0. The summed E-state index contributed by atoms with van der Waals surface area (Å²) in [5, 5.41) is 0. The Balaban J connectivity index is 2.39. The van der Waals surface area contributed by atoms with Crippen molar-refractivity contribution in [1.82, 2.24) is 0 Å². The van der Waals surface area contributed by atoms with Gasteiger partial charge in [0, 0.05) is 30.1 Å². The van der Waals surface area contributed by atoms with Crippen molar-refractivity contribution in [1.29, 1.82) is 0 Å². The molecule has 5 atom stereocenters. The van der Waals surface area contributed by atoms with Crippen LogP contribution in [0.15, 0.2) is 42.0 Å². The van der Waals surface area contributed by atoms with Gasteiger partial charge in [0.1, 0.15) is 11.6 Å². The quantitative estimate of drug-likeness (QED) is 0.259. The molecule has 1 aliphatic carbocycles. The third-order valence-corrected chi connectivity index (χ3v) is 9.11. The van der Waals surface area contributed by atoms with Gasteiger partial charge in [-0.05, 0) is 65.2 Å². The molecule has 1 aromatic rings. The summed E-state index contributed by atoms with van der Waals surface area (Å²) in [5.74, 6) is -0.0207. The van der Waals surface area contributed by atoms with E-state index in [9.17, 15) is 14.4 Å². The van der Waals surface area contributed by atoms with Crippen LogP contribution in [0.4, 0.5) is 0 Å². The minimum atomic E-state index is -0.383. The van der Waals surface area contributed by atoms with Crippen LogP contribution in [0.2, 0.25) is 0 Å². The van der Waals surface area contributed by atoms with E-state index in [0.29, 0.717) is 11.5 Å². The summed E-state index contributed by atoms with van der Waals surface area (Å²) in [6.07, 6.45) is 5.28. The largest absolute Gasteiger partial charge is 0.299 e. The Kier molecular flexibility index (Phi) is 10.3. The second kappa shape index (κ2) is 12.3. The van der Waals surface area contributed by atoms with Crippen LogP contribution in [0, 0.1) is 40.4 Å². The fraction of sp³-hybridized carbons (Fsp3) is 0.629. The molecule has 1 aromatic carbocycles. The molecular weight excluding hydrogens is 468 g/mol. The molecule has 0 aromatic heterocycles. The van der Waals surface area contributed by atoms with E-state index in [2.05, 4.69) is 92.7 Å². The van der Waals surface area contributed by atoms with E-state index in [0.717, 1.165) is 6.42 Å². The highest BCUT2D eigenvalue weighted by atomic mass is 16.1. The van der Waals surface area contributed by atoms with Crippen LogP contribution in [0.3, 0.4) is 0 Å². The number of benzene rings is 1. The van der Waals surface area contributed by atoms with Gasteiger partial charge < -0.3 is 0 Å². The first kappa shape index (κ1) is 31.9. The van der Waals surface area contributed by atoms with Crippen LogP contribution in [0.1, 0.15) is 113 Å². The topological polar surface area (TPSA) is 51.2 Å². The molecule has 0 saturated heterocycles. The normalized spacial score (nSPS) is 19.4. The van der Waals surface area contributed by atoms with Crippen molar-refractivity contribution in [3.05, 3.63) is 53.1 Å². The Hall–Kier alpha value is -2.29.